The lowest BCUT2D eigenvalue weighted by atomic mass is 10.1. The van der Waals surface area contributed by atoms with Gasteiger partial charge in [0, 0.05) is 17.9 Å². The van der Waals surface area contributed by atoms with E-state index in [4.69, 9.17) is 0 Å². The molecule has 0 aliphatic rings. The number of carbonyl (C=O) groups excluding carboxylic acids is 1. The van der Waals surface area contributed by atoms with Crippen molar-refractivity contribution in [3.63, 3.8) is 0 Å². The van der Waals surface area contributed by atoms with Crippen molar-refractivity contribution in [1.82, 2.24) is 0 Å². The monoisotopic (exact) mass is 404 g/mol. The Hall–Kier alpha value is -2.63. The van der Waals surface area contributed by atoms with Gasteiger partial charge < -0.3 is 15.7 Å². The molecular formula is C23H30F2N2O2. The fourth-order valence-corrected chi connectivity index (χ4v) is 2.95. The highest BCUT2D eigenvalue weighted by Gasteiger charge is 2.27. The summed E-state index contributed by atoms with van der Waals surface area (Å²) in [7, 11) is 0. The van der Waals surface area contributed by atoms with Crippen molar-refractivity contribution in [2.24, 2.45) is 0 Å². The summed E-state index contributed by atoms with van der Waals surface area (Å²) < 4.78 is 28.0. The van der Waals surface area contributed by atoms with Crippen LogP contribution in [0.2, 0.25) is 0 Å². The van der Waals surface area contributed by atoms with Crippen molar-refractivity contribution in [3.8, 4) is 5.75 Å². The molecule has 0 saturated carbocycles. The van der Waals surface area contributed by atoms with E-state index in [0.717, 1.165) is 36.9 Å². The summed E-state index contributed by atoms with van der Waals surface area (Å²) in [6.07, 6.45) is 0.792. The number of alkyl halides is 2. The summed E-state index contributed by atoms with van der Waals surface area (Å²) in [5, 5.41) is 14.9. The molecule has 1 amide bonds. The van der Waals surface area contributed by atoms with Gasteiger partial charge in [-0.25, -0.2) is 8.78 Å². The van der Waals surface area contributed by atoms with Gasteiger partial charge in [-0.05, 0) is 48.4 Å². The summed E-state index contributed by atoms with van der Waals surface area (Å²) >= 11 is 0. The summed E-state index contributed by atoms with van der Waals surface area (Å²) in [5.41, 5.74) is 2.25. The summed E-state index contributed by atoms with van der Waals surface area (Å²) in [5.74, 6) is -0.733. The van der Waals surface area contributed by atoms with E-state index in [2.05, 4.69) is 17.6 Å². The number of phenolic OH excluding ortho intramolecular Hbond substituents is 1. The normalized spacial score (nSPS) is 12.9. The lowest BCUT2D eigenvalue weighted by molar-refractivity contribution is -0.123. The lowest BCUT2D eigenvalue weighted by Gasteiger charge is -2.14. The fraction of sp³-hybridized carbons (Fsp3) is 0.435. The van der Waals surface area contributed by atoms with Crippen LogP contribution >= 0.6 is 0 Å². The maximum absolute atomic E-state index is 14.0. The molecule has 0 spiro atoms. The van der Waals surface area contributed by atoms with Crippen LogP contribution in [0.4, 0.5) is 20.2 Å². The first kappa shape index (κ1) is 22.7. The molecule has 4 nitrogen and oxygen atoms in total. The zero-order valence-electron chi connectivity index (χ0n) is 16.8. The van der Waals surface area contributed by atoms with Gasteiger partial charge >= 0.3 is 0 Å². The van der Waals surface area contributed by atoms with Crippen molar-refractivity contribution in [2.45, 2.75) is 64.3 Å². The standard InChI is InChI=1S/C23H30F2N2O2/c1-2-3-4-5-6-7-21(24)22(25)23(29)27-19-12-10-18(11-13-19)26-16-17-8-14-20(28)15-9-17/h8-15,21-22,26,28H,2-7,16H2,1H3,(H,27,29)/t21-,22-/m1/s1. The van der Waals surface area contributed by atoms with Gasteiger partial charge in [0.15, 0.2) is 0 Å². The molecule has 2 aromatic carbocycles. The molecule has 2 aromatic rings. The van der Waals surface area contributed by atoms with Gasteiger partial charge in [-0.3, -0.25) is 4.79 Å². The highest BCUT2D eigenvalue weighted by molar-refractivity contribution is 5.94. The second kappa shape index (κ2) is 12.0. The van der Waals surface area contributed by atoms with Gasteiger partial charge in [0.1, 0.15) is 11.9 Å². The molecule has 0 radical (unpaired) electrons. The number of amides is 1. The Morgan fingerprint density at radius 1 is 0.931 bits per heavy atom. The van der Waals surface area contributed by atoms with Crippen molar-refractivity contribution >= 4 is 17.3 Å². The van der Waals surface area contributed by atoms with E-state index < -0.39 is 18.3 Å². The Balaban J connectivity index is 1.75. The first-order valence-corrected chi connectivity index (χ1v) is 10.2. The van der Waals surface area contributed by atoms with E-state index in [-0.39, 0.29) is 12.2 Å². The smallest absolute Gasteiger partial charge is 0.261 e. The van der Waals surface area contributed by atoms with Gasteiger partial charge in [-0.15, -0.1) is 0 Å². The van der Waals surface area contributed by atoms with Crippen molar-refractivity contribution in [3.05, 3.63) is 54.1 Å². The van der Waals surface area contributed by atoms with Crippen molar-refractivity contribution in [2.75, 3.05) is 10.6 Å². The number of halogens is 2. The minimum Gasteiger partial charge on any atom is -0.508 e. The molecule has 0 aromatic heterocycles. The third kappa shape index (κ3) is 8.10. The highest BCUT2D eigenvalue weighted by Crippen LogP contribution is 2.19. The first-order valence-electron chi connectivity index (χ1n) is 10.2. The molecule has 6 heteroatoms. The average Bonchev–Trinajstić information content (AvgIpc) is 2.73. The minimum absolute atomic E-state index is 0.0679. The number of phenols is 1. The van der Waals surface area contributed by atoms with E-state index in [9.17, 15) is 18.7 Å². The molecular weight excluding hydrogens is 374 g/mol. The van der Waals surface area contributed by atoms with Crippen LogP contribution in [0.15, 0.2) is 48.5 Å². The number of aromatic hydroxyl groups is 1. The number of hydrogen-bond donors (Lipinski definition) is 3. The van der Waals surface area contributed by atoms with Crippen LogP contribution < -0.4 is 10.6 Å². The van der Waals surface area contributed by atoms with Crippen LogP contribution in [0.1, 0.15) is 51.0 Å². The van der Waals surface area contributed by atoms with Gasteiger partial charge in [-0.2, -0.15) is 0 Å². The first-order chi connectivity index (χ1) is 14.0. The quantitative estimate of drug-likeness (QED) is 0.381. The molecule has 0 saturated heterocycles. The average molecular weight is 405 g/mol. The maximum Gasteiger partial charge on any atom is 0.261 e. The maximum atomic E-state index is 14.0. The number of benzene rings is 2. The van der Waals surface area contributed by atoms with E-state index in [1.807, 2.05) is 12.1 Å². The second-order valence-electron chi connectivity index (χ2n) is 7.21. The van der Waals surface area contributed by atoms with E-state index >= 15 is 0 Å². The third-order valence-electron chi connectivity index (χ3n) is 4.74. The molecule has 158 valence electrons. The van der Waals surface area contributed by atoms with Crippen LogP contribution in [0.25, 0.3) is 0 Å². The highest BCUT2D eigenvalue weighted by atomic mass is 19.2. The van der Waals surface area contributed by atoms with Gasteiger partial charge in [0.25, 0.3) is 5.91 Å². The van der Waals surface area contributed by atoms with Crippen LogP contribution in [0, 0.1) is 0 Å². The van der Waals surface area contributed by atoms with E-state index in [0.29, 0.717) is 18.7 Å². The molecule has 0 heterocycles. The predicted octanol–water partition coefficient (Wildman–Crippen LogP) is 5.98. The zero-order chi connectivity index (χ0) is 21.1. The van der Waals surface area contributed by atoms with Crippen molar-refractivity contribution < 1.29 is 18.7 Å². The fourth-order valence-electron chi connectivity index (χ4n) is 2.95. The zero-order valence-corrected chi connectivity index (χ0v) is 16.8. The number of nitrogens with one attached hydrogen (secondary N) is 2. The molecule has 0 fully saturated rings. The molecule has 3 N–H and O–H groups in total. The van der Waals surface area contributed by atoms with Gasteiger partial charge in [-0.1, -0.05) is 51.2 Å². The molecule has 29 heavy (non-hydrogen) atoms. The molecule has 2 rings (SSSR count). The SMILES string of the molecule is CCCCCCC[C@@H](F)[C@@H](F)C(=O)Nc1ccc(NCc2ccc(O)cc2)cc1. The van der Waals surface area contributed by atoms with E-state index in [1.165, 1.54) is 0 Å². The Bertz CT molecular complexity index is 736. The Kier molecular flexibility index (Phi) is 9.41. The van der Waals surface area contributed by atoms with Crippen LogP contribution in [0.5, 0.6) is 5.75 Å². The van der Waals surface area contributed by atoms with Gasteiger partial charge in [0.2, 0.25) is 6.17 Å². The number of anilines is 2. The molecule has 0 aliphatic heterocycles. The number of rotatable bonds is 12. The lowest BCUT2D eigenvalue weighted by Crippen LogP contribution is -2.32. The Morgan fingerprint density at radius 2 is 1.55 bits per heavy atom. The number of carbonyl (C=O) groups is 1. The number of unbranched alkanes of at least 4 members (excludes halogenated alkanes) is 4. The third-order valence-corrected chi connectivity index (χ3v) is 4.74. The minimum atomic E-state index is -2.16. The molecule has 0 bridgehead atoms. The molecule has 0 unspecified atom stereocenters. The predicted molar refractivity (Wildman–Crippen MR) is 114 cm³/mol. The summed E-state index contributed by atoms with van der Waals surface area (Å²) in [6, 6.07) is 13.7. The van der Waals surface area contributed by atoms with Crippen LogP contribution in [-0.4, -0.2) is 23.4 Å². The summed E-state index contributed by atoms with van der Waals surface area (Å²) in [4.78, 5) is 12.0. The van der Waals surface area contributed by atoms with E-state index in [1.54, 1.807) is 36.4 Å². The van der Waals surface area contributed by atoms with Gasteiger partial charge in [0.05, 0.1) is 0 Å². The largest absolute Gasteiger partial charge is 0.508 e. The number of hydrogen-bond acceptors (Lipinski definition) is 3. The topological polar surface area (TPSA) is 61.4 Å². The van der Waals surface area contributed by atoms with Crippen molar-refractivity contribution in [1.29, 1.82) is 0 Å². The molecule has 0 aliphatic carbocycles. The van der Waals surface area contributed by atoms with Crippen LogP contribution in [-0.2, 0) is 11.3 Å². The summed E-state index contributed by atoms with van der Waals surface area (Å²) in [6.45, 7) is 2.67. The van der Waals surface area contributed by atoms with Crippen LogP contribution in [0.3, 0.4) is 0 Å². The Labute approximate surface area is 171 Å². The Morgan fingerprint density at radius 3 is 2.21 bits per heavy atom. The molecule has 2 atom stereocenters. The second-order valence-corrected chi connectivity index (χ2v) is 7.21.